The predicted octanol–water partition coefficient (Wildman–Crippen LogP) is 6.68. The summed E-state index contributed by atoms with van der Waals surface area (Å²) in [4.78, 5) is 63.8. The van der Waals surface area contributed by atoms with E-state index >= 15 is 0 Å². The summed E-state index contributed by atoms with van der Waals surface area (Å²) in [6.07, 6.45) is 5.25. The lowest BCUT2D eigenvalue weighted by atomic mass is 9.92. The van der Waals surface area contributed by atoms with Gasteiger partial charge in [-0.1, -0.05) is 73.4 Å². The summed E-state index contributed by atoms with van der Waals surface area (Å²) >= 11 is 1.33. The fourth-order valence-electron chi connectivity index (χ4n) is 7.46. The third kappa shape index (κ3) is 14.7. The van der Waals surface area contributed by atoms with Crippen molar-refractivity contribution in [2.24, 2.45) is 23.5 Å². The molecule has 0 radical (unpaired) electrons. The molecule has 0 spiro atoms. The van der Waals surface area contributed by atoms with Gasteiger partial charge in [-0.25, -0.2) is 9.37 Å². The van der Waals surface area contributed by atoms with Gasteiger partial charge in [0, 0.05) is 43.6 Å². The van der Waals surface area contributed by atoms with Crippen LogP contribution in [0.4, 0.5) is 4.39 Å². The number of rotatable bonds is 24. The van der Waals surface area contributed by atoms with Gasteiger partial charge in [-0.05, 0) is 88.6 Å². The number of amides is 3. The van der Waals surface area contributed by atoms with Crippen LogP contribution < -0.4 is 16.4 Å². The van der Waals surface area contributed by atoms with Crippen LogP contribution in [0.25, 0.3) is 0 Å². The Labute approximate surface area is 350 Å². The number of piperidine rings is 1. The molecular weight excluding hydrogens is 760 g/mol. The molecule has 0 bridgehead atoms. The van der Waals surface area contributed by atoms with Gasteiger partial charge < -0.3 is 30.7 Å². The highest BCUT2D eigenvalue weighted by molar-refractivity contribution is 7.09. The maximum atomic E-state index is 14.7. The molecule has 12 nitrogen and oxygen atoms in total. The van der Waals surface area contributed by atoms with E-state index in [4.69, 9.17) is 20.2 Å². The van der Waals surface area contributed by atoms with Crippen molar-refractivity contribution in [2.75, 3.05) is 33.3 Å². The average molecular weight is 831 g/mol. The second-order valence-electron chi connectivity index (χ2n) is 16.5. The van der Waals surface area contributed by atoms with Gasteiger partial charge in [0.15, 0.2) is 0 Å². The van der Waals surface area contributed by atoms with Crippen LogP contribution in [0.5, 0.6) is 0 Å². The van der Waals surface area contributed by atoms with Gasteiger partial charge in [0.2, 0.25) is 11.8 Å². The number of likely N-dealkylation sites (tertiary alicyclic amines) is 1. The number of aromatic nitrogens is 1. The molecule has 14 heteroatoms. The van der Waals surface area contributed by atoms with E-state index in [1.54, 1.807) is 31.4 Å². The molecule has 2 heterocycles. The fraction of sp³-hybridized carbons (Fsp3) is 0.705. The van der Waals surface area contributed by atoms with Crippen molar-refractivity contribution in [1.82, 2.24) is 25.4 Å². The topological polar surface area (TPSA) is 156 Å². The fourth-order valence-corrected chi connectivity index (χ4v) is 8.32. The zero-order chi connectivity index (χ0) is 42.9. The van der Waals surface area contributed by atoms with Crippen LogP contribution in [0.1, 0.15) is 134 Å². The molecule has 58 heavy (non-hydrogen) atoms. The van der Waals surface area contributed by atoms with E-state index in [2.05, 4.69) is 36.3 Å². The molecule has 1 saturated heterocycles. The highest BCUT2D eigenvalue weighted by Crippen LogP contribution is 2.32. The van der Waals surface area contributed by atoms with Crippen molar-refractivity contribution in [2.45, 2.75) is 150 Å². The minimum absolute atomic E-state index is 0.0532. The molecule has 1 fully saturated rings. The van der Waals surface area contributed by atoms with Crippen LogP contribution in [0.2, 0.25) is 0 Å². The molecule has 2 aromatic rings. The number of carbonyl (C=O) groups is 4. The van der Waals surface area contributed by atoms with Crippen molar-refractivity contribution >= 4 is 35.0 Å². The minimum atomic E-state index is -0.665. The van der Waals surface area contributed by atoms with Gasteiger partial charge in [-0.3, -0.25) is 24.1 Å². The lowest BCUT2D eigenvalue weighted by Gasteiger charge is -2.40. The first-order chi connectivity index (χ1) is 27.6. The second-order valence-corrected chi connectivity index (χ2v) is 17.4. The van der Waals surface area contributed by atoms with Crippen molar-refractivity contribution in [3.63, 3.8) is 0 Å². The number of nitrogens with two attached hydrogens (primary N) is 1. The molecule has 1 aromatic heterocycles. The standard InChI is InChI=1S/C44H71FN6O6S/c1-10-20-51(43(54)39(29(6)12-3)49-41(53)36-15-13-14-21-50(36)9)37(28(4)5)25-38(56-22-11-2)42-48-35(27-58-42)40(52)47-34(24-32-16-18-33(45)19-17-32)23-30(7)44(55)57-31(8)26-46/h16-19,27-31,34,36-39H,10-15,20-26,46H2,1-9H3,(H,47,52)(H,49,53)/t29-,30-,31?,34?,36+,37+,38+,39-/m0/s1. The lowest BCUT2D eigenvalue weighted by Crippen LogP contribution is -2.58. The minimum Gasteiger partial charge on any atom is -0.461 e. The van der Waals surface area contributed by atoms with Crippen molar-refractivity contribution in [1.29, 1.82) is 0 Å². The van der Waals surface area contributed by atoms with Crippen LogP contribution in [0.15, 0.2) is 29.6 Å². The summed E-state index contributed by atoms with van der Waals surface area (Å²) in [6.45, 7) is 17.9. The molecule has 4 N–H and O–H groups in total. The molecule has 326 valence electrons. The molecule has 8 atom stereocenters. The number of benzene rings is 1. The smallest absolute Gasteiger partial charge is 0.309 e. The number of halogens is 1. The summed E-state index contributed by atoms with van der Waals surface area (Å²) in [5, 5.41) is 8.60. The summed E-state index contributed by atoms with van der Waals surface area (Å²) in [5.41, 5.74) is 6.68. The largest absolute Gasteiger partial charge is 0.461 e. The Morgan fingerprint density at radius 1 is 1.02 bits per heavy atom. The Morgan fingerprint density at radius 3 is 2.33 bits per heavy atom. The Morgan fingerprint density at radius 2 is 1.72 bits per heavy atom. The van der Waals surface area contributed by atoms with E-state index < -0.39 is 42.1 Å². The second kappa shape index (κ2) is 24.6. The molecule has 0 aliphatic carbocycles. The van der Waals surface area contributed by atoms with E-state index in [0.29, 0.717) is 31.0 Å². The SMILES string of the molecule is CCCO[C@H](C[C@H](C(C)C)N(CCC)C(=O)[C@@H](NC(=O)[C@H]1CCCCN1C)[C@@H](C)CC)c1nc(C(=O)NC(Cc2ccc(F)cc2)C[C@H](C)C(=O)OC(C)CN)cs1. The van der Waals surface area contributed by atoms with Gasteiger partial charge in [0.1, 0.15) is 34.8 Å². The van der Waals surface area contributed by atoms with Gasteiger partial charge in [0.25, 0.3) is 5.91 Å². The van der Waals surface area contributed by atoms with Crippen molar-refractivity contribution in [3.8, 4) is 0 Å². The number of likely N-dealkylation sites (N-methyl/N-ethyl adjacent to an activating group) is 1. The highest BCUT2D eigenvalue weighted by atomic mass is 32.1. The summed E-state index contributed by atoms with van der Waals surface area (Å²) in [6, 6.07) is 4.43. The van der Waals surface area contributed by atoms with Crippen LogP contribution in [-0.2, 0) is 30.3 Å². The number of ether oxygens (including phenoxy) is 2. The van der Waals surface area contributed by atoms with Gasteiger partial charge >= 0.3 is 5.97 Å². The Kier molecular flexibility index (Phi) is 20.7. The maximum absolute atomic E-state index is 14.7. The third-order valence-corrected chi connectivity index (χ3v) is 12.1. The summed E-state index contributed by atoms with van der Waals surface area (Å²) in [7, 11) is 1.97. The number of hydrogen-bond acceptors (Lipinski definition) is 10. The summed E-state index contributed by atoms with van der Waals surface area (Å²) < 4.78 is 25.6. The zero-order valence-electron chi connectivity index (χ0n) is 36.4. The molecule has 1 aliphatic rings. The van der Waals surface area contributed by atoms with E-state index in [0.717, 1.165) is 50.6 Å². The predicted molar refractivity (Wildman–Crippen MR) is 228 cm³/mol. The summed E-state index contributed by atoms with van der Waals surface area (Å²) in [5.74, 6) is -1.91. The van der Waals surface area contributed by atoms with Crippen molar-refractivity contribution in [3.05, 3.63) is 51.7 Å². The molecular formula is C44H71FN6O6S. The van der Waals surface area contributed by atoms with Crippen LogP contribution >= 0.6 is 11.3 Å². The lowest BCUT2D eigenvalue weighted by molar-refractivity contribution is -0.152. The number of hydrogen-bond donors (Lipinski definition) is 3. The van der Waals surface area contributed by atoms with E-state index in [1.165, 1.54) is 23.5 Å². The van der Waals surface area contributed by atoms with Gasteiger partial charge in [-0.2, -0.15) is 0 Å². The first-order valence-electron chi connectivity index (χ1n) is 21.5. The van der Waals surface area contributed by atoms with Crippen LogP contribution in [0.3, 0.4) is 0 Å². The van der Waals surface area contributed by atoms with E-state index in [9.17, 15) is 23.6 Å². The average Bonchev–Trinajstić information content (AvgIpc) is 3.70. The molecule has 3 amide bonds. The number of nitrogens with one attached hydrogen (secondary N) is 2. The van der Waals surface area contributed by atoms with Crippen LogP contribution in [-0.4, -0.2) is 102 Å². The van der Waals surface area contributed by atoms with Gasteiger partial charge in [0.05, 0.1) is 12.0 Å². The Bertz CT molecular complexity index is 1580. The van der Waals surface area contributed by atoms with Crippen molar-refractivity contribution < 1.29 is 33.0 Å². The van der Waals surface area contributed by atoms with Gasteiger partial charge in [-0.15, -0.1) is 11.3 Å². The third-order valence-electron chi connectivity index (χ3n) is 11.2. The quantitative estimate of drug-likeness (QED) is 0.0984. The zero-order valence-corrected chi connectivity index (χ0v) is 37.2. The highest BCUT2D eigenvalue weighted by Gasteiger charge is 2.38. The number of esters is 1. The number of nitrogens with zero attached hydrogens (tertiary/aromatic N) is 3. The Hall–Kier alpha value is -3.46. The van der Waals surface area contributed by atoms with E-state index in [1.807, 2.05) is 32.7 Å². The molecule has 3 rings (SSSR count). The first-order valence-corrected chi connectivity index (χ1v) is 22.4. The van der Waals surface area contributed by atoms with Crippen LogP contribution in [0, 0.1) is 23.6 Å². The number of thiazole rings is 1. The normalized spacial score (nSPS) is 18.4. The van der Waals surface area contributed by atoms with E-state index in [-0.39, 0.29) is 60.2 Å². The molecule has 2 unspecified atom stereocenters. The Balaban J connectivity index is 1.87. The monoisotopic (exact) mass is 831 g/mol. The molecule has 1 aromatic carbocycles. The first kappa shape index (κ1) is 48.9. The molecule has 0 saturated carbocycles. The number of carbonyl (C=O) groups excluding carboxylic acids is 4. The maximum Gasteiger partial charge on any atom is 0.309 e. The molecule has 1 aliphatic heterocycles.